The molecule has 8 heteroatoms. The molecule has 5 rings (SSSR count). The van der Waals surface area contributed by atoms with E-state index < -0.39 is 0 Å². The van der Waals surface area contributed by atoms with Crippen LogP contribution in [0.25, 0.3) is 10.8 Å². The van der Waals surface area contributed by atoms with Crippen LogP contribution in [0.2, 0.25) is 0 Å². The molecule has 0 radical (unpaired) electrons. The molecule has 1 aliphatic heterocycles. The molecule has 2 amide bonds. The van der Waals surface area contributed by atoms with E-state index in [0.717, 1.165) is 22.0 Å². The maximum Gasteiger partial charge on any atom is 0.271 e. The van der Waals surface area contributed by atoms with E-state index in [-0.39, 0.29) is 11.8 Å². The van der Waals surface area contributed by atoms with Gasteiger partial charge >= 0.3 is 0 Å². The molecule has 0 atom stereocenters. The first-order chi connectivity index (χ1) is 18.0. The molecule has 4 aromatic carbocycles. The first-order valence-electron chi connectivity index (χ1n) is 11.6. The second kappa shape index (κ2) is 10.0. The molecular weight excluding hydrogens is 470 g/mol. The number of nitrogens with one attached hydrogen (secondary N) is 1. The minimum atomic E-state index is -0.364. The highest BCUT2D eigenvalue weighted by molar-refractivity contribution is 6.24. The van der Waals surface area contributed by atoms with Gasteiger partial charge in [-0.05, 0) is 41.3 Å². The lowest BCUT2D eigenvalue weighted by atomic mass is 10.1. The van der Waals surface area contributed by atoms with Crippen LogP contribution >= 0.6 is 0 Å². The van der Waals surface area contributed by atoms with Crippen LogP contribution in [0.4, 0.5) is 5.69 Å². The zero-order valence-electron chi connectivity index (χ0n) is 20.6. The second-order valence-corrected chi connectivity index (χ2v) is 8.42. The lowest BCUT2D eigenvalue weighted by Gasteiger charge is -2.18. The zero-order chi connectivity index (χ0) is 25.9. The summed E-state index contributed by atoms with van der Waals surface area (Å²) in [5.74, 6) is 1.18. The van der Waals surface area contributed by atoms with E-state index in [1.54, 1.807) is 36.3 Å². The first-order valence-corrected chi connectivity index (χ1v) is 11.6. The van der Waals surface area contributed by atoms with Gasteiger partial charge in [0.1, 0.15) is 5.75 Å². The van der Waals surface area contributed by atoms with Gasteiger partial charge in [-0.2, -0.15) is 5.10 Å². The van der Waals surface area contributed by atoms with E-state index in [1.165, 1.54) is 20.4 Å². The summed E-state index contributed by atoms with van der Waals surface area (Å²) in [4.78, 5) is 27.4. The fraction of sp³-hybridized carbons (Fsp3) is 0.138. The Morgan fingerprint density at radius 2 is 1.57 bits per heavy atom. The van der Waals surface area contributed by atoms with Gasteiger partial charge in [0.25, 0.3) is 11.8 Å². The Kier molecular flexibility index (Phi) is 6.47. The van der Waals surface area contributed by atoms with Crippen molar-refractivity contribution in [1.82, 2.24) is 5.43 Å². The molecule has 1 N–H and O–H groups in total. The number of rotatable bonds is 8. The van der Waals surface area contributed by atoms with Crippen molar-refractivity contribution in [2.75, 3.05) is 26.2 Å². The van der Waals surface area contributed by atoms with E-state index >= 15 is 0 Å². The van der Waals surface area contributed by atoms with Crippen LogP contribution in [0.1, 0.15) is 31.8 Å². The summed E-state index contributed by atoms with van der Waals surface area (Å²) < 4.78 is 16.0. The number of carbonyl (C=O) groups excluding carboxylic acids is 2. The smallest absolute Gasteiger partial charge is 0.271 e. The highest BCUT2D eigenvalue weighted by atomic mass is 16.5. The Bertz CT molecular complexity index is 1520. The lowest BCUT2D eigenvalue weighted by Crippen LogP contribution is -2.26. The summed E-state index contributed by atoms with van der Waals surface area (Å²) in [6.45, 7) is 0.409. The van der Waals surface area contributed by atoms with Gasteiger partial charge in [0.15, 0.2) is 11.5 Å². The predicted molar refractivity (Wildman–Crippen MR) is 142 cm³/mol. The fourth-order valence-electron chi connectivity index (χ4n) is 4.46. The van der Waals surface area contributed by atoms with E-state index in [2.05, 4.69) is 10.5 Å². The summed E-state index contributed by atoms with van der Waals surface area (Å²) in [6.07, 6.45) is 1.48. The average Bonchev–Trinajstić information content (AvgIpc) is 3.21. The van der Waals surface area contributed by atoms with Crippen LogP contribution in [0.3, 0.4) is 0 Å². The van der Waals surface area contributed by atoms with E-state index in [1.807, 2.05) is 48.5 Å². The van der Waals surface area contributed by atoms with E-state index in [0.29, 0.717) is 40.5 Å². The third-order valence-corrected chi connectivity index (χ3v) is 6.31. The number of hydrazone groups is 1. The molecule has 0 spiro atoms. The number of amides is 2. The molecular formula is C29H25N3O5. The number of hydrogen-bond donors (Lipinski definition) is 1. The average molecular weight is 496 g/mol. The number of anilines is 1. The molecule has 4 aromatic rings. The van der Waals surface area contributed by atoms with Crippen LogP contribution in [-0.4, -0.2) is 39.4 Å². The molecule has 186 valence electrons. The zero-order valence-corrected chi connectivity index (χ0v) is 20.6. The predicted octanol–water partition coefficient (Wildman–Crippen LogP) is 4.79. The van der Waals surface area contributed by atoms with Gasteiger partial charge in [0.2, 0.25) is 0 Å². The van der Waals surface area contributed by atoms with Crippen molar-refractivity contribution in [3.8, 4) is 17.2 Å². The fourth-order valence-corrected chi connectivity index (χ4v) is 4.46. The molecule has 1 aliphatic rings. The van der Waals surface area contributed by atoms with Gasteiger partial charge < -0.3 is 19.1 Å². The van der Waals surface area contributed by atoms with Crippen molar-refractivity contribution in [2.24, 2.45) is 5.10 Å². The van der Waals surface area contributed by atoms with Gasteiger partial charge in [-0.15, -0.1) is 0 Å². The van der Waals surface area contributed by atoms with E-state index in [9.17, 15) is 9.59 Å². The number of benzene rings is 4. The molecule has 0 aliphatic carbocycles. The Hall–Kier alpha value is -4.85. The summed E-state index contributed by atoms with van der Waals surface area (Å²) in [5.41, 5.74) is 6.11. The van der Waals surface area contributed by atoms with Gasteiger partial charge in [-0.3, -0.25) is 9.59 Å². The standard InChI is InChI=1S/C29H25N3O5/c1-35-24-15-26(37-3)25(36-2)14-21(24)16-30-31-28(33)20-12-10-18(11-13-20)17-32-23-9-5-7-19-6-4-8-22(27(19)23)29(32)34/h4-16H,17H2,1-3H3,(H,31,33). The molecule has 0 saturated carbocycles. The third kappa shape index (κ3) is 4.45. The van der Waals surface area contributed by atoms with Crippen LogP contribution < -0.4 is 24.5 Å². The molecule has 0 bridgehead atoms. The number of hydrogen-bond acceptors (Lipinski definition) is 6. The molecule has 0 aromatic heterocycles. The SMILES string of the molecule is COc1cc(OC)c(OC)cc1C=NNC(=O)c1ccc(CN2C(=O)c3cccc4cccc2c34)cc1. The summed E-state index contributed by atoms with van der Waals surface area (Å²) in [7, 11) is 4.61. The van der Waals surface area contributed by atoms with Crippen LogP contribution in [0.5, 0.6) is 17.2 Å². The summed E-state index contributed by atoms with van der Waals surface area (Å²) in [5, 5.41) is 6.09. The van der Waals surface area contributed by atoms with Crippen molar-refractivity contribution in [3.05, 3.63) is 95.1 Å². The van der Waals surface area contributed by atoms with Gasteiger partial charge in [-0.1, -0.05) is 36.4 Å². The highest BCUT2D eigenvalue weighted by Gasteiger charge is 2.29. The molecule has 0 saturated heterocycles. The number of nitrogens with zero attached hydrogens (tertiary/aromatic N) is 2. The van der Waals surface area contributed by atoms with Gasteiger partial charge in [-0.25, -0.2) is 5.43 Å². The minimum absolute atomic E-state index is 0.0199. The van der Waals surface area contributed by atoms with Gasteiger partial charge in [0, 0.05) is 28.1 Å². The Morgan fingerprint density at radius 1 is 0.892 bits per heavy atom. The van der Waals surface area contributed by atoms with Crippen LogP contribution in [0, 0.1) is 0 Å². The molecule has 1 heterocycles. The number of ether oxygens (including phenoxy) is 3. The maximum absolute atomic E-state index is 13.0. The Labute approximate surface area is 214 Å². The quantitative estimate of drug-likeness (QED) is 0.280. The van der Waals surface area contributed by atoms with E-state index in [4.69, 9.17) is 14.2 Å². The Balaban J connectivity index is 1.27. The van der Waals surface area contributed by atoms with Crippen LogP contribution in [-0.2, 0) is 6.54 Å². The minimum Gasteiger partial charge on any atom is -0.496 e. The topological polar surface area (TPSA) is 89.5 Å². The monoisotopic (exact) mass is 495 g/mol. The molecule has 8 nitrogen and oxygen atoms in total. The third-order valence-electron chi connectivity index (χ3n) is 6.31. The van der Waals surface area contributed by atoms with Gasteiger partial charge in [0.05, 0.1) is 39.8 Å². The van der Waals surface area contributed by atoms with Crippen molar-refractivity contribution in [3.63, 3.8) is 0 Å². The largest absolute Gasteiger partial charge is 0.496 e. The van der Waals surface area contributed by atoms with Crippen molar-refractivity contribution < 1.29 is 23.8 Å². The summed E-state index contributed by atoms with van der Waals surface area (Å²) >= 11 is 0. The normalized spacial score (nSPS) is 12.3. The second-order valence-electron chi connectivity index (χ2n) is 8.42. The van der Waals surface area contributed by atoms with Crippen molar-refractivity contribution >= 4 is 34.5 Å². The molecule has 37 heavy (non-hydrogen) atoms. The Morgan fingerprint density at radius 3 is 2.27 bits per heavy atom. The highest BCUT2D eigenvalue weighted by Crippen LogP contribution is 2.38. The number of methoxy groups -OCH3 is 3. The van der Waals surface area contributed by atoms with Crippen molar-refractivity contribution in [1.29, 1.82) is 0 Å². The molecule has 0 unspecified atom stereocenters. The van der Waals surface area contributed by atoms with Crippen molar-refractivity contribution in [2.45, 2.75) is 6.54 Å². The molecule has 0 fully saturated rings. The lowest BCUT2D eigenvalue weighted by molar-refractivity contribution is 0.0953. The number of carbonyl (C=O) groups is 2. The summed E-state index contributed by atoms with van der Waals surface area (Å²) in [6, 6.07) is 22.2. The van der Waals surface area contributed by atoms with Crippen LogP contribution in [0.15, 0.2) is 77.9 Å². The first kappa shape index (κ1) is 23.9. The maximum atomic E-state index is 13.0.